The van der Waals surface area contributed by atoms with Gasteiger partial charge in [0, 0.05) is 12.3 Å². The van der Waals surface area contributed by atoms with E-state index >= 15 is 0 Å². The van der Waals surface area contributed by atoms with Gasteiger partial charge in [0.25, 0.3) is 0 Å². The average Bonchev–Trinajstić information content (AvgIpc) is 2.29. The molecule has 0 aliphatic rings. The van der Waals surface area contributed by atoms with Gasteiger partial charge in [-0.3, -0.25) is 4.79 Å². The Bertz CT molecular complexity index is 599. The highest BCUT2D eigenvalue weighted by molar-refractivity contribution is 7.89. The third-order valence-corrected chi connectivity index (χ3v) is 3.68. The van der Waals surface area contributed by atoms with Gasteiger partial charge in [-0.05, 0) is 6.07 Å². The lowest BCUT2D eigenvalue weighted by Crippen LogP contribution is -2.32. The number of hydrogen-bond acceptors (Lipinski definition) is 5. The van der Waals surface area contributed by atoms with Crippen LogP contribution in [0.5, 0.6) is 0 Å². The van der Waals surface area contributed by atoms with Gasteiger partial charge in [0.05, 0.1) is 17.0 Å². The standard InChI is InChI=1S/C9H8N4O3S/c10-3-5-13(6-4-11)17(15,16)8-1-2-9(14)12-7-8/h1-2,7H,5-6H2,(H,12,14). The molecule has 8 heteroatoms. The first-order valence-electron chi connectivity index (χ1n) is 4.45. The summed E-state index contributed by atoms with van der Waals surface area (Å²) in [6.45, 7) is -0.843. The molecule has 7 nitrogen and oxygen atoms in total. The van der Waals surface area contributed by atoms with Crippen molar-refractivity contribution in [2.45, 2.75) is 4.90 Å². The Balaban J connectivity index is 3.17. The molecule has 0 aliphatic carbocycles. The zero-order chi connectivity index (χ0) is 12.9. The fraction of sp³-hybridized carbons (Fsp3) is 0.222. The third-order valence-electron chi connectivity index (χ3n) is 1.89. The van der Waals surface area contributed by atoms with E-state index in [1.165, 1.54) is 0 Å². The van der Waals surface area contributed by atoms with Gasteiger partial charge in [0.15, 0.2) is 0 Å². The number of pyridine rings is 1. The van der Waals surface area contributed by atoms with E-state index in [2.05, 4.69) is 4.98 Å². The molecular weight excluding hydrogens is 244 g/mol. The predicted octanol–water partition coefficient (Wildman–Crippen LogP) is -0.587. The van der Waals surface area contributed by atoms with Crippen molar-refractivity contribution in [2.75, 3.05) is 13.1 Å². The summed E-state index contributed by atoms with van der Waals surface area (Å²) in [6.07, 6.45) is 1.03. The molecule has 17 heavy (non-hydrogen) atoms. The highest BCUT2D eigenvalue weighted by Gasteiger charge is 2.23. The molecule has 0 aliphatic heterocycles. The van der Waals surface area contributed by atoms with Crippen LogP contribution in [0.3, 0.4) is 0 Å². The number of sulfonamides is 1. The van der Waals surface area contributed by atoms with Gasteiger partial charge in [-0.15, -0.1) is 0 Å². The lowest BCUT2D eigenvalue weighted by Gasteiger charge is -2.15. The quantitative estimate of drug-likeness (QED) is 0.719. The van der Waals surface area contributed by atoms with Crippen molar-refractivity contribution >= 4 is 10.0 Å². The van der Waals surface area contributed by atoms with Crippen molar-refractivity contribution in [3.63, 3.8) is 0 Å². The number of rotatable bonds is 4. The number of aromatic amines is 1. The SMILES string of the molecule is N#CCN(CC#N)S(=O)(=O)c1ccc(=O)[nH]c1. The molecule has 0 saturated carbocycles. The Morgan fingerprint density at radius 3 is 2.24 bits per heavy atom. The van der Waals surface area contributed by atoms with E-state index in [4.69, 9.17) is 10.5 Å². The molecule has 1 aromatic heterocycles. The molecule has 0 fully saturated rings. The topological polar surface area (TPSA) is 118 Å². The van der Waals surface area contributed by atoms with E-state index in [9.17, 15) is 13.2 Å². The maximum atomic E-state index is 11.9. The molecule has 0 bridgehead atoms. The molecule has 88 valence electrons. The van der Waals surface area contributed by atoms with Gasteiger partial charge in [-0.25, -0.2) is 8.42 Å². The van der Waals surface area contributed by atoms with Crippen molar-refractivity contribution < 1.29 is 8.42 Å². The second-order valence-corrected chi connectivity index (χ2v) is 4.92. The average molecular weight is 252 g/mol. The van der Waals surface area contributed by atoms with E-state index in [0.717, 1.165) is 22.6 Å². The van der Waals surface area contributed by atoms with Crippen molar-refractivity contribution in [2.24, 2.45) is 0 Å². The summed E-state index contributed by atoms with van der Waals surface area (Å²) >= 11 is 0. The smallest absolute Gasteiger partial charge is 0.247 e. The lowest BCUT2D eigenvalue weighted by atomic mass is 10.5. The van der Waals surface area contributed by atoms with Crippen LogP contribution in [0.4, 0.5) is 0 Å². The minimum absolute atomic E-state index is 0.164. The van der Waals surface area contributed by atoms with Crippen LogP contribution in [0.15, 0.2) is 28.0 Å². The monoisotopic (exact) mass is 252 g/mol. The number of nitrogens with zero attached hydrogens (tertiary/aromatic N) is 3. The van der Waals surface area contributed by atoms with Crippen molar-refractivity contribution in [3.05, 3.63) is 28.7 Å². The Morgan fingerprint density at radius 2 is 1.82 bits per heavy atom. The van der Waals surface area contributed by atoms with Crippen molar-refractivity contribution in [1.29, 1.82) is 10.5 Å². The third kappa shape index (κ3) is 2.91. The second kappa shape index (κ2) is 5.25. The highest BCUT2D eigenvalue weighted by atomic mass is 32.2. The van der Waals surface area contributed by atoms with Gasteiger partial charge in [0.2, 0.25) is 15.6 Å². The molecule has 0 unspecified atom stereocenters. The minimum Gasteiger partial charge on any atom is -0.328 e. The lowest BCUT2D eigenvalue weighted by molar-refractivity contribution is 0.479. The maximum Gasteiger partial charge on any atom is 0.247 e. The molecule has 0 aromatic carbocycles. The van der Waals surface area contributed by atoms with Gasteiger partial charge in [-0.2, -0.15) is 14.8 Å². The Labute approximate surface area is 97.6 Å². The molecule has 0 atom stereocenters. The summed E-state index contributed by atoms with van der Waals surface area (Å²) in [5.41, 5.74) is -0.434. The summed E-state index contributed by atoms with van der Waals surface area (Å²) in [6, 6.07) is 5.51. The molecule has 1 rings (SSSR count). The van der Waals surface area contributed by atoms with Crippen LogP contribution in [-0.2, 0) is 10.0 Å². The zero-order valence-corrected chi connectivity index (χ0v) is 9.44. The summed E-state index contributed by atoms with van der Waals surface area (Å²) in [5.74, 6) is 0. The van der Waals surface area contributed by atoms with Gasteiger partial charge < -0.3 is 4.98 Å². The number of hydrogen-bond donors (Lipinski definition) is 1. The van der Waals surface area contributed by atoms with Crippen LogP contribution in [0.2, 0.25) is 0 Å². The highest BCUT2D eigenvalue weighted by Crippen LogP contribution is 2.12. The van der Waals surface area contributed by atoms with Crippen LogP contribution in [-0.4, -0.2) is 30.8 Å². The van der Waals surface area contributed by atoms with Gasteiger partial charge >= 0.3 is 0 Å². The van der Waals surface area contributed by atoms with Gasteiger partial charge in [-0.1, -0.05) is 0 Å². The van der Waals surface area contributed by atoms with E-state index in [1.54, 1.807) is 12.1 Å². The van der Waals surface area contributed by atoms with E-state index in [1.807, 2.05) is 0 Å². The van der Waals surface area contributed by atoms with E-state index in [0.29, 0.717) is 0 Å². The first kappa shape index (κ1) is 12.9. The van der Waals surface area contributed by atoms with E-state index in [-0.39, 0.29) is 4.90 Å². The van der Waals surface area contributed by atoms with Gasteiger partial charge in [0.1, 0.15) is 13.1 Å². The van der Waals surface area contributed by atoms with E-state index < -0.39 is 28.7 Å². The number of aromatic nitrogens is 1. The first-order chi connectivity index (χ1) is 8.02. The molecule has 0 saturated heterocycles. The number of nitriles is 2. The van der Waals surface area contributed by atoms with Crippen LogP contribution in [0, 0.1) is 22.7 Å². The number of H-pyrrole nitrogens is 1. The first-order valence-corrected chi connectivity index (χ1v) is 5.89. The second-order valence-electron chi connectivity index (χ2n) is 2.98. The van der Waals surface area contributed by atoms with Crippen LogP contribution >= 0.6 is 0 Å². The van der Waals surface area contributed by atoms with Crippen LogP contribution in [0.25, 0.3) is 0 Å². The van der Waals surface area contributed by atoms with Crippen LogP contribution < -0.4 is 5.56 Å². The zero-order valence-electron chi connectivity index (χ0n) is 8.62. The van der Waals surface area contributed by atoms with Crippen molar-refractivity contribution in [1.82, 2.24) is 9.29 Å². The molecule has 0 amide bonds. The minimum atomic E-state index is -3.92. The molecule has 0 radical (unpaired) electrons. The number of nitrogens with one attached hydrogen (secondary N) is 1. The molecule has 1 aromatic rings. The molecule has 1 heterocycles. The molecule has 0 spiro atoms. The summed E-state index contributed by atoms with van der Waals surface area (Å²) in [5, 5.41) is 17.0. The maximum absolute atomic E-state index is 11.9. The summed E-state index contributed by atoms with van der Waals surface area (Å²) in [7, 11) is -3.92. The normalized spacial score (nSPS) is 10.8. The Kier molecular flexibility index (Phi) is 3.99. The summed E-state index contributed by atoms with van der Waals surface area (Å²) < 4.78 is 24.6. The fourth-order valence-corrected chi connectivity index (χ4v) is 2.29. The Morgan fingerprint density at radius 1 is 1.24 bits per heavy atom. The largest absolute Gasteiger partial charge is 0.328 e. The molecule has 1 N–H and O–H groups in total. The Hall–Kier alpha value is -2.16. The van der Waals surface area contributed by atoms with Crippen LogP contribution in [0.1, 0.15) is 0 Å². The molecular formula is C9H8N4O3S. The predicted molar refractivity (Wildman–Crippen MR) is 57.0 cm³/mol. The fourth-order valence-electron chi connectivity index (χ4n) is 1.09. The van der Waals surface area contributed by atoms with Crippen molar-refractivity contribution in [3.8, 4) is 12.1 Å². The summed E-state index contributed by atoms with van der Waals surface area (Å²) in [4.78, 5) is 12.9.